The van der Waals surface area contributed by atoms with Gasteiger partial charge in [-0.2, -0.15) is 4.98 Å². The van der Waals surface area contributed by atoms with Gasteiger partial charge < -0.3 is 9.84 Å². The fourth-order valence-electron chi connectivity index (χ4n) is 2.68. The highest BCUT2D eigenvalue weighted by atomic mass is 79.9. The molecule has 1 unspecified atom stereocenters. The molecule has 0 fully saturated rings. The number of carbonyl (C=O) groups excluding carboxylic acids is 1. The average molecular weight is 449 g/mol. The zero-order valence-corrected chi connectivity index (χ0v) is 17.1. The topological polar surface area (TPSA) is 68.0 Å². The maximum Gasteiger partial charge on any atom is 0.227 e. The Morgan fingerprint density at radius 2 is 1.89 bits per heavy atom. The van der Waals surface area contributed by atoms with Crippen molar-refractivity contribution in [3.05, 3.63) is 69.5 Å². The summed E-state index contributed by atoms with van der Waals surface area (Å²) in [6.45, 7) is 2.05. The highest BCUT2D eigenvalue weighted by molar-refractivity contribution is 9.10. The molecule has 3 rings (SSSR count). The van der Waals surface area contributed by atoms with Crippen molar-refractivity contribution in [2.24, 2.45) is 0 Å². The van der Waals surface area contributed by atoms with Crippen LogP contribution in [0.15, 0.2) is 57.5 Å². The van der Waals surface area contributed by atoms with Gasteiger partial charge in [0.15, 0.2) is 0 Å². The second kappa shape index (κ2) is 9.15. The Labute approximate surface area is 171 Å². The van der Waals surface area contributed by atoms with Gasteiger partial charge in [0.2, 0.25) is 17.6 Å². The van der Waals surface area contributed by atoms with Gasteiger partial charge in [0.1, 0.15) is 0 Å². The molecular weight excluding hydrogens is 430 g/mol. The van der Waals surface area contributed by atoms with Crippen LogP contribution in [0.3, 0.4) is 0 Å². The number of hydrogen-bond donors (Lipinski definition) is 1. The van der Waals surface area contributed by atoms with Crippen LogP contribution < -0.4 is 5.32 Å². The van der Waals surface area contributed by atoms with E-state index < -0.39 is 0 Å². The van der Waals surface area contributed by atoms with Crippen LogP contribution in [0.2, 0.25) is 5.02 Å². The first kappa shape index (κ1) is 19.6. The van der Waals surface area contributed by atoms with Crippen LogP contribution >= 0.6 is 27.5 Å². The number of carbonyl (C=O) groups is 1. The summed E-state index contributed by atoms with van der Waals surface area (Å²) >= 11 is 9.31. The minimum atomic E-state index is -0.0454. The summed E-state index contributed by atoms with van der Waals surface area (Å²) in [4.78, 5) is 16.7. The van der Waals surface area contributed by atoms with Gasteiger partial charge in [-0.1, -0.05) is 51.7 Å². The van der Waals surface area contributed by atoms with E-state index in [9.17, 15) is 4.79 Å². The normalized spacial score (nSPS) is 12.0. The molecule has 5 nitrogen and oxygen atoms in total. The molecule has 140 valence electrons. The number of hydrogen-bond acceptors (Lipinski definition) is 4. The van der Waals surface area contributed by atoms with Gasteiger partial charge >= 0.3 is 0 Å². The number of nitrogens with one attached hydrogen (secondary N) is 1. The van der Waals surface area contributed by atoms with Crippen molar-refractivity contribution < 1.29 is 9.32 Å². The Morgan fingerprint density at radius 1 is 1.19 bits per heavy atom. The fraction of sp³-hybridized carbons (Fsp3) is 0.250. The summed E-state index contributed by atoms with van der Waals surface area (Å²) in [7, 11) is 0. The Kier molecular flexibility index (Phi) is 6.63. The minimum Gasteiger partial charge on any atom is -0.349 e. The maximum atomic E-state index is 12.3. The van der Waals surface area contributed by atoms with Crippen molar-refractivity contribution >= 4 is 33.4 Å². The van der Waals surface area contributed by atoms with Crippen LogP contribution in [-0.4, -0.2) is 16.0 Å². The number of benzene rings is 2. The standard InChI is InChI=1S/C20H19BrClN3O2/c1-2-17(13-3-7-15(21)8-4-13)23-18(26)11-12-19-24-20(25-27-19)14-5-9-16(22)10-6-14/h3-10,17H,2,11-12H2,1H3,(H,23,26). The van der Waals surface area contributed by atoms with Crippen LogP contribution in [0, 0.1) is 0 Å². The van der Waals surface area contributed by atoms with Gasteiger partial charge in [-0.25, -0.2) is 0 Å². The third kappa shape index (κ3) is 5.40. The number of rotatable bonds is 7. The lowest BCUT2D eigenvalue weighted by Crippen LogP contribution is -2.28. The number of nitrogens with zero attached hydrogens (tertiary/aromatic N) is 2. The molecular formula is C20H19BrClN3O2. The Hall–Kier alpha value is -2.18. The smallest absolute Gasteiger partial charge is 0.227 e. The predicted octanol–water partition coefficient (Wildman–Crippen LogP) is 5.35. The lowest BCUT2D eigenvalue weighted by molar-refractivity contribution is -0.121. The largest absolute Gasteiger partial charge is 0.349 e. The van der Waals surface area contributed by atoms with E-state index in [2.05, 4.69) is 31.4 Å². The Bertz CT molecular complexity index is 894. The van der Waals surface area contributed by atoms with Crippen molar-refractivity contribution in [1.29, 1.82) is 0 Å². The van der Waals surface area contributed by atoms with Crippen LogP contribution in [0.1, 0.15) is 37.3 Å². The number of halogens is 2. The molecule has 2 aromatic carbocycles. The zero-order chi connectivity index (χ0) is 19.2. The van der Waals surface area contributed by atoms with E-state index in [1.807, 2.05) is 43.3 Å². The van der Waals surface area contributed by atoms with Crippen LogP contribution in [0.4, 0.5) is 0 Å². The van der Waals surface area contributed by atoms with Gasteiger partial charge in [-0.3, -0.25) is 4.79 Å². The molecule has 0 bridgehead atoms. The molecule has 0 spiro atoms. The molecule has 0 saturated heterocycles. The van der Waals surface area contributed by atoms with Gasteiger partial charge in [0.25, 0.3) is 0 Å². The van der Waals surface area contributed by atoms with Gasteiger partial charge in [0.05, 0.1) is 6.04 Å². The molecule has 3 aromatic rings. The lowest BCUT2D eigenvalue weighted by atomic mass is 10.0. The summed E-state index contributed by atoms with van der Waals surface area (Å²) in [6, 6.07) is 15.1. The van der Waals surface area contributed by atoms with Crippen LogP contribution in [0.25, 0.3) is 11.4 Å². The highest BCUT2D eigenvalue weighted by Crippen LogP contribution is 2.21. The minimum absolute atomic E-state index is 0.0158. The monoisotopic (exact) mass is 447 g/mol. The molecule has 1 amide bonds. The highest BCUT2D eigenvalue weighted by Gasteiger charge is 2.15. The molecule has 0 saturated carbocycles. The summed E-state index contributed by atoms with van der Waals surface area (Å²) in [5.74, 6) is 0.881. The third-order valence-corrected chi connectivity index (χ3v) is 4.93. The first-order chi connectivity index (χ1) is 13.0. The van der Waals surface area contributed by atoms with Crippen molar-refractivity contribution in [1.82, 2.24) is 15.5 Å². The zero-order valence-electron chi connectivity index (χ0n) is 14.8. The Morgan fingerprint density at radius 3 is 2.56 bits per heavy atom. The van der Waals surface area contributed by atoms with E-state index in [1.54, 1.807) is 12.1 Å². The van der Waals surface area contributed by atoms with E-state index in [4.69, 9.17) is 16.1 Å². The Balaban J connectivity index is 1.55. The summed E-state index contributed by atoms with van der Waals surface area (Å²) in [5.41, 5.74) is 1.90. The lowest BCUT2D eigenvalue weighted by Gasteiger charge is -2.17. The molecule has 1 aromatic heterocycles. The molecule has 1 N–H and O–H groups in total. The molecule has 1 atom stereocenters. The van der Waals surface area contributed by atoms with Gasteiger partial charge in [0, 0.05) is 27.9 Å². The van der Waals surface area contributed by atoms with Crippen molar-refractivity contribution in [3.8, 4) is 11.4 Å². The van der Waals surface area contributed by atoms with E-state index >= 15 is 0 Å². The first-order valence-corrected chi connectivity index (χ1v) is 9.85. The molecule has 1 heterocycles. The van der Waals surface area contributed by atoms with E-state index in [0.717, 1.165) is 22.0 Å². The van der Waals surface area contributed by atoms with Gasteiger partial charge in [-0.15, -0.1) is 0 Å². The second-order valence-electron chi connectivity index (χ2n) is 6.10. The van der Waals surface area contributed by atoms with E-state index in [0.29, 0.717) is 23.2 Å². The number of aromatic nitrogens is 2. The molecule has 0 aliphatic carbocycles. The number of amides is 1. The predicted molar refractivity (Wildman–Crippen MR) is 108 cm³/mol. The third-order valence-electron chi connectivity index (χ3n) is 4.15. The molecule has 7 heteroatoms. The first-order valence-electron chi connectivity index (χ1n) is 8.68. The van der Waals surface area contributed by atoms with Crippen molar-refractivity contribution in [3.63, 3.8) is 0 Å². The molecule has 0 radical (unpaired) electrons. The quantitative estimate of drug-likeness (QED) is 0.529. The van der Waals surface area contributed by atoms with Crippen LogP contribution in [0.5, 0.6) is 0 Å². The van der Waals surface area contributed by atoms with Crippen molar-refractivity contribution in [2.45, 2.75) is 32.2 Å². The summed E-state index contributed by atoms with van der Waals surface area (Å²) in [5, 5.41) is 7.67. The average Bonchev–Trinajstić information content (AvgIpc) is 3.15. The number of aryl methyl sites for hydroxylation is 1. The SMILES string of the molecule is CCC(NC(=O)CCc1nc(-c2ccc(Cl)cc2)no1)c1ccc(Br)cc1. The summed E-state index contributed by atoms with van der Waals surface area (Å²) < 4.78 is 6.26. The molecule has 0 aliphatic rings. The molecule has 0 aliphatic heterocycles. The molecule has 27 heavy (non-hydrogen) atoms. The maximum absolute atomic E-state index is 12.3. The van der Waals surface area contributed by atoms with Crippen LogP contribution in [-0.2, 0) is 11.2 Å². The summed E-state index contributed by atoms with van der Waals surface area (Å²) in [6.07, 6.45) is 1.49. The van der Waals surface area contributed by atoms with E-state index in [-0.39, 0.29) is 18.4 Å². The fourth-order valence-corrected chi connectivity index (χ4v) is 3.07. The van der Waals surface area contributed by atoms with Crippen molar-refractivity contribution in [2.75, 3.05) is 0 Å². The second-order valence-corrected chi connectivity index (χ2v) is 7.45. The van der Waals surface area contributed by atoms with E-state index in [1.165, 1.54) is 0 Å². The van der Waals surface area contributed by atoms with Gasteiger partial charge in [-0.05, 0) is 48.4 Å².